The van der Waals surface area contributed by atoms with Gasteiger partial charge in [-0.25, -0.2) is 9.97 Å². The Labute approximate surface area is 288 Å². The smallest absolute Gasteiger partial charge is 0.160 e. The molecule has 0 aliphatic carbocycles. The summed E-state index contributed by atoms with van der Waals surface area (Å²) in [6.07, 6.45) is 0. The highest BCUT2D eigenvalue weighted by atomic mass is 16.3. The molecule has 0 unspecified atom stereocenters. The number of para-hydroxylation sites is 2. The van der Waals surface area contributed by atoms with E-state index in [0.717, 1.165) is 66.7 Å². The Morgan fingerprint density at radius 3 is 1.78 bits per heavy atom. The van der Waals surface area contributed by atoms with Crippen LogP contribution in [0.15, 0.2) is 180 Å². The molecule has 0 amide bonds. The van der Waals surface area contributed by atoms with Crippen molar-refractivity contribution >= 4 is 43.7 Å². The average molecular weight is 640 g/mol. The first kappa shape index (κ1) is 28.3. The third-order valence-electron chi connectivity index (χ3n) is 9.62. The molecule has 4 nitrogen and oxygen atoms in total. The van der Waals surface area contributed by atoms with Crippen molar-refractivity contribution in [1.82, 2.24) is 14.5 Å². The Morgan fingerprint density at radius 1 is 0.380 bits per heavy atom. The lowest BCUT2D eigenvalue weighted by molar-refractivity contribution is 0.666. The van der Waals surface area contributed by atoms with Crippen LogP contribution in [-0.4, -0.2) is 14.5 Å². The molecule has 4 heteroatoms. The van der Waals surface area contributed by atoms with Crippen LogP contribution in [0.25, 0.3) is 94.5 Å². The summed E-state index contributed by atoms with van der Waals surface area (Å²) in [5, 5.41) is 4.57. The first-order chi connectivity index (χ1) is 24.8. The predicted molar refractivity (Wildman–Crippen MR) is 205 cm³/mol. The first-order valence-electron chi connectivity index (χ1n) is 16.8. The van der Waals surface area contributed by atoms with E-state index >= 15 is 0 Å². The van der Waals surface area contributed by atoms with Crippen molar-refractivity contribution in [1.29, 1.82) is 0 Å². The average Bonchev–Trinajstić information content (AvgIpc) is 3.74. The summed E-state index contributed by atoms with van der Waals surface area (Å²) >= 11 is 0. The van der Waals surface area contributed by atoms with Gasteiger partial charge in [0, 0.05) is 38.2 Å². The van der Waals surface area contributed by atoms with Crippen LogP contribution < -0.4 is 0 Å². The van der Waals surface area contributed by atoms with Crippen LogP contribution in [0.3, 0.4) is 0 Å². The molecular formula is C46H29N3O. The number of rotatable bonds is 5. The number of benzene rings is 7. The Hall–Kier alpha value is -6.78. The number of furan rings is 1. The lowest BCUT2D eigenvalue weighted by Gasteiger charge is -2.09. The van der Waals surface area contributed by atoms with Gasteiger partial charge in [-0.1, -0.05) is 133 Å². The van der Waals surface area contributed by atoms with Crippen molar-refractivity contribution in [2.45, 2.75) is 0 Å². The zero-order valence-corrected chi connectivity index (χ0v) is 27.0. The maximum Gasteiger partial charge on any atom is 0.160 e. The zero-order chi connectivity index (χ0) is 33.0. The standard InChI is InChI=1S/C46H29N3O/c1-4-13-30(14-5-1)33-24-26-42-38(27-33)35-19-10-11-21-41(35)49(42)43-22-12-20-37-36-25-23-34(28-44(36)50-45(37)43)40-29-39(31-15-6-2-7-16-31)47-46(48-40)32-17-8-3-9-18-32/h1-29H. The van der Waals surface area contributed by atoms with E-state index in [1.165, 1.54) is 21.9 Å². The fourth-order valence-corrected chi connectivity index (χ4v) is 7.23. The second-order valence-corrected chi connectivity index (χ2v) is 12.6. The molecule has 0 saturated carbocycles. The molecule has 0 N–H and O–H groups in total. The molecule has 0 radical (unpaired) electrons. The molecule has 0 bridgehead atoms. The van der Waals surface area contributed by atoms with E-state index in [0.29, 0.717) is 5.82 Å². The van der Waals surface area contributed by atoms with E-state index in [1.54, 1.807) is 0 Å². The van der Waals surface area contributed by atoms with Crippen LogP contribution in [0.2, 0.25) is 0 Å². The van der Waals surface area contributed by atoms with Crippen LogP contribution in [0.4, 0.5) is 0 Å². The van der Waals surface area contributed by atoms with Gasteiger partial charge in [0.15, 0.2) is 11.4 Å². The van der Waals surface area contributed by atoms with E-state index in [4.69, 9.17) is 14.4 Å². The molecule has 0 saturated heterocycles. The van der Waals surface area contributed by atoms with E-state index < -0.39 is 0 Å². The van der Waals surface area contributed by atoms with Crippen LogP contribution in [0.1, 0.15) is 0 Å². The highest BCUT2D eigenvalue weighted by molar-refractivity contribution is 6.13. The van der Waals surface area contributed by atoms with E-state index in [9.17, 15) is 0 Å². The van der Waals surface area contributed by atoms with Crippen molar-refractivity contribution in [3.05, 3.63) is 176 Å². The van der Waals surface area contributed by atoms with Gasteiger partial charge in [-0.05, 0) is 53.6 Å². The van der Waals surface area contributed by atoms with E-state index in [1.807, 2.05) is 36.4 Å². The summed E-state index contributed by atoms with van der Waals surface area (Å²) in [7, 11) is 0. The summed E-state index contributed by atoms with van der Waals surface area (Å²) in [5.41, 5.74) is 12.1. The lowest BCUT2D eigenvalue weighted by Crippen LogP contribution is -1.95. The van der Waals surface area contributed by atoms with Gasteiger partial charge in [-0.2, -0.15) is 0 Å². The molecule has 234 valence electrons. The Kier molecular flexibility index (Phi) is 6.46. The van der Waals surface area contributed by atoms with Gasteiger partial charge in [0.25, 0.3) is 0 Å². The molecule has 0 aliphatic rings. The first-order valence-corrected chi connectivity index (χ1v) is 16.8. The molecule has 10 aromatic rings. The molecule has 3 heterocycles. The molecule has 0 aliphatic heterocycles. The van der Waals surface area contributed by atoms with Gasteiger partial charge < -0.3 is 8.98 Å². The molecule has 0 spiro atoms. The maximum atomic E-state index is 6.83. The van der Waals surface area contributed by atoms with Gasteiger partial charge in [-0.15, -0.1) is 0 Å². The van der Waals surface area contributed by atoms with Crippen molar-refractivity contribution in [3.63, 3.8) is 0 Å². The quantitative estimate of drug-likeness (QED) is 0.188. The minimum atomic E-state index is 0.690. The second-order valence-electron chi connectivity index (χ2n) is 12.6. The maximum absolute atomic E-state index is 6.83. The van der Waals surface area contributed by atoms with Gasteiger partial charge in [0.1, 0.15) is 5.58 Å². The predicted octanol–water partition coefficient (Wildman–Crippen LogP) is 12.1. The van der Waals surface area contributed by atoms with Crippen molar-refractivity contribution in [3.8, 4) is 50.7 Å². The molecule has 50 heavy (non-hydrogen) atoms. The zero-order valence-electron chi connectivity index (χ0n) is 27.0. The fraction of sp³-hybridized carbons (Fsp3) is 0. The topological polar surface area (TPSA) is 43.9 Å². The number of hydrogen-bond donors (Lipinski definition) is 0. The normalized spacial score (nSPS) is 11.6. The van der Waals surface area contributed by atoms with Crippen LogP contribution >= 0.6 is 0 Å². The summed E-state index contributed by atoms with van der Waals surface area (Å²) in [6, 6.07) is 61.3. The Bertz CT molecular complexity index is 2800. The molecule has 0 fully saturated rings. The van der Waals surface area contributed by atoms with Crippen LogP contribution in [0, 0.1) is 0 Å². The highest BCUT2D eigenvalue weighted by Gasteiger charge is 2.19. The number of aromatic nitrogens is 3. The van der Waals surface area contributed by atoms with Crippen molar-refractivity contribution in [2.75, 3.05) is 0 Å². The monoisotopic (exact) mass is 639 g/mol. The van der Waals surface area contributed by atoms with Gasteiger partial charge >= 0.3 is 0 Å². The minimum Gasteiger partial charge on any atom is -0.454 e. The summed E-state index contributed by atoms with van der Waals surface area (Å²) in [5.74, 6) is 0.690. The molecule has 7 aromatic carbocycles. The largest absolute Gasteiger partial charge is 0.454 e. The van der Waals surface area contributed by atoms with Crippen molar-refractivity contribution in [2.24, 2.45) is 0 Å². The Balaban J connectivity index is 1.15. The third kappa shape index (κ3) is 4.61. The summed E-state index contributed by atoms with van der Waals surface area (Å²) < 4.78 is 9.17. The summed E-state index contributed by atoms with van der Waals surface area (Å²) in [6.45, 7) is 0. The Morgan fingerprint density at radius 2 is 1.00 bits per heavy atom. The third-order valence-corrected chi connectivity index (χ3v) is 9.62. The molecule has 10 rings (SSSR count). The fourth-order valence-electron chi connectivity index (χ4n) is 7.23. The summed E-state index contributed by atoms with van der Waals surface area (Å²) in [4.78, 5) is 10.0. The molecular weight excluding hydrogens is 611 g/mol. The van der Waals surface area contributed by atoms with Gasteiger partial charge in [0.2, 0.25) is 0 Å². The minimum absolute atomic E-state index is 0.690. The number of hydrogen-bond acceptors (Lipinski definition) is 3. The molecule has 0 atom stereocenters. The van der Waals surface area contributed by atoms with Crippen LogP contribution in [-0.2, 0) is 0 Å². The second kappa shape index (κ2) is 11.4. The number of fused-ring (bicyclic) bond motifs is 6. The van der Waals surface area contributed by atoms with Gasteiger partial charge in [0.05, 0.1) is 28.1 Å². The lowest BCUT2D eigenvalue weighted by atomic mass is 10.0. The SMILES string of the molecule is c1ccc(-c2ccc3c(c2)c2ccccc2n3-c2cccc3c2oc2cc(-c4cc(-c5ccccc5)nc(-c5ccccc5)n4)ccc23)cc1. The van der Waals surface area contributed by atoms with Crippen molar-refractivity contribution < 1.29 is 4.42 Å². The van der Waals surface area contributed by atoms with Crippen LogP contribution in [0.5, 0.6) is 0 Å². The highest BCUT2D eigenvalue weighted by Crippen LogP contribution is 2.40. The van der Waals surface area contributed by atoms with E-state index in [2.05, 4.69) is 144 Å². The van der Waals surface area contributed by atoms with E-state index in [-0.39, 0.29) is 0 Å². The number of nitrogens with zero attached hydrogens (tertiary/aromatic N) is 3. The van der Waals surface area contributed by atoms with Gasteiger partial charge in [-0.3, -0.25) is 0 Å². The molecule has 3 aromatic heterocycles.